The number of benzene rings is 1. The van der Waals surface area contributed by atoms with Crippen molar-refractivity contribution in [3.63, 3.8) is 0 Å². The average Bonchev–Trinajstić information content (AvgIpc) is 3.05. The fourth-order valence-electron chi connectivity index (χ4n) is 3.07. The molecule has 3 nitrogen and oxygen atoms in total. The van der Waals surface area contributed by atoms with E-state index in [0.717, 1.165) is 26.2 Å². The van der Waals surface area contributed by atoms with Crippen LogP contribution in [0, 0.1) is 19.7 Å². The van der Waals surface area contributed by atoms with E-state index in [1.165, 1.54) is 6.07 Å². The molecule has 122 valence electrons. The molecule has 0 aliphatic carbocycles. The molecule has 1 aromatic carbocycles. The molecule has 4 rings (SSSR count). The highest BCUT2D eigenvalue weighted by molar-refractivity contribution is 9.10. The van der Waals surface area contributed by atoms with Gasteiger partial charge in [-0.3, -0.25) is 9.36 Å². The fourth-order valence-corrected chi connectivity index (χ4v) is 4.42. The van der Waals surface area contributed by atoms with Crippen molar-refractivity contribution in [2.75, 3.05) is 0 Å². The highest BCUT2D eigenvalue weighted by atomic mass is 79.9. The van der Waals surface area contributed by atoms with E-state index in [0.29, 0.717) is 28.8 Å². The van der Waals surface area contributed by atoms with Crippen LogP contribution >= 0.6 is 27.3 Å². The lowest BCUT2D eigenvalue weighted by Crippen LogP contribution is -2.20. The highest BCUT2D eigenvalue weighted by Gasteiger charge is 2.23. The lowest BCUT2D eigenvalue weighted by molar-refractivity contribution is 0.624. The maximum absolute atomic E-state index is 14.1. The Labute approximate surface area is 150 Å². The lowest BCUT2D eigenvalue weighted by Gasteiger charge is -2.04. The van der Waals surface area contributed by atoms with Gasteiger partial charge < -0.3 is 0 Å². The highest BCUT2D eigenvalue weighted by Crippen LogP contribution is 2.32. The molecule has 0 radical (unpaired) electrons. The van der Waals surface area contributed by atoms with E-state index in [2.05, 4.69) is 15.9 Å². The average molecular weight is 405 g/mol. The van der Waals surface area contributed by atoms with Gasteiger partial charge in [0.2, 0.25) is 0 Å². The van der Waals surface area contributed by atoms with Crippen LogP contribution in [0.15, 0.2) is 27.5 Å². The van der Waals surface area contributed by atoms with Crippen molar-refractivity contribution in [2.45, 2.75) is 26.8 Å². The van der Waals surface area contributed by atoms with Crippen molar-refractivity contribution < 1.29 is 4.39 Å². The minimum atomic E-state index is -0.290. The predicted molar refractivity (Wildman–Crippen MR) is 99.9 cm³/mol. The number of aromatic nitrogens is 2. The molecular weight excluding hydrogens is 391 g/mol. The number of halogens is 2. The Bertz CT molecular complexity index is 1080. The molecule has 24 heavy (non-hydrogen) atoms. The summed E-state index contributed by atoms with van der Waals surface area (Å²) in [5.41, 5.74) is 2.43. The second-order valence-corrected chi connectivity index (χ2v) is 8.06. The van der Waals surface area contributed by atoms with Crippen molar-refractivity contribution in [3.05, 3.63) is 60.7 Å². The maximum atomic E-state index is 14.1. The zero-order valence-corrected chi connectivity index (χ0v) is 15.6. The fraction of sp³-hybridized carbons (Fsp3) is 0.222. The minimum Gasteiger partial charge on any atom is -0.292 e. The second kappa shape index (κ2) is 5.63. The summed E-state index contributed by atoms with van der Waals surface area (Å²) in [6.07, 6.45) is 2.49. The van der Waals surface area contributed by atoms with Gasteiger partial charge >= 0.3 is 0 Å². The first kappa shape index (κ1) is 15.7. The Hall–Kier alpha value is -1.79. The molecule has 0 amide bonds. The number of nitrogens with zero attached hydrogens (tertiary/aromatic N) is 2. The van der Waals surface area contributed by atoms with Crippen molar-refractivity contribution in [3.8, 4) is 0 Å². The predicted octanol–water partition coefficient (Wildman–Crippen LogP) is 4.92. The molecule has 0 saturated heterocycles. The van der Waals surface area contributed by atoms with E-state index in [9.17, 15) is 9.18 Å². The Morgan fingerprint density at radius 2 is 2.17 bits per heavy atom. The smallest absolute Gasteiger partial charge is 0.262 e. The van der Waals surface area contributed by atoms with Crippen LogP contribution in [0.25, 0.3) is 21.9 Å². The summed E-state index contributed by atoms with van der Waals surface area (Å²) < 4.78 is 16.5. The Morgan fingerprint density at radius 1 is 1.38 bits per heavy atom. The number of hydrogen-bond donors (Lipinski definition) is 0. The van der Waals surface area contributed by atoms with Gasteiger partial charge in [0.15, 0.2) is 0 Å². The van der Waals surface area contributed by atoms with Gasteiger partial charge in [-0.2, -0.15) is 0 Å². The summed E-state index contributed by atoms with van der Waals surface area (Å²) in [6.45, 7) is 4.56. The van der Waals surface area contributed by atoms with Crippen LogP contribution in [-0.2, 0) is 6.54 Å². The van der Waals surface area contributed by atoms with Crippen LogP contribution in [0.3, 0.4) is 0 Å². The van der Waals surface area contributed by atoms with E-state index in [4.69, 9.17) is 4.98 Å². The van der Waals surface area contributed by atoms with E-state index in [1.54, 1.807) is 34.1 Å². The topological polar surface area (TPSA) is 34.9 Å². The molecule has 3 heterocycles. The Balaban J connectivity index is 1.91. The van der Waals surface area contributed by atoms with Crippen LogP contribution < -0.4 is 5.56 Å². The first-order valence-corrected chi connectivity index (χ1v) is 9.23. The summed E-state index contributed by atoms with van der Waals surface area (Å²) in [6, 6.07) is 4.97. The number of thiophene rings is 1. The molecule has 0 N–H and O–H groups in total. The SMILES string of the molecule is Cc1sc2nc3n(c(=O)c2c1C)CC/C3=C/c1ccc(Br)cc1F. The van der Waals surface area contributed by atoms with Crippen LogP contribution in [0.4, 0.5) is 4.39 Å². The largest absolute Gasteiger partial charge is 0.292 e. The molecule has 1 aliphatic rings. The molecule has 0 unspecified atom stereocenters. The molecule has 0 fully saturated rings. The number of allylic oxidation sites excluding steroid dienone is 1. The van der Waals surface area contributed by atoms with Gasteiger partial charge in [0, 0.05) is 21.5 Å². The zero-order valence-electron chi connectivity index (χ0n) is 13.2. The first-order valence-electron chi connectivity index (χ1n) is 7.62. The van der Waals surface area contributed by atoms with E-state index >= 15 is 0 Å². The van der Waals surface area contributed by atoms with Gasteiger partial charge in [0.1, 0.15) is 16.5 Å². The van der Waals surface area contributed by atoms with Gasteiger partial charge in [-0.05, 0) is 49.6 Å². The Kier molecular flexibility index (Phi) is 3.69. The quantitative estimate of drug-likeness (QED) is 0.576. The third kappa shape index (κ3) is 2.36. The summed E-state index contributed by atoms with van der Waals surface area (Å²) in [4.78, 5) is 19.4. The van der Waals surface area contributed by atoms with Gasteiger partial charge in [0.05, 0.1) is 5.39 Å². The zero-order chi connectivity index (χ0) is 17.0. The van der Waals surface area contributed by atoms with Crippen molar-refractivity contribution in [1.82, 2.24) is 9.55 Å². The summed E-state index contributed by atoms with van der Waals surface area (Å²) in [7, 11) is 0. The second-order valence-electron chi connectivity index (χ2n) is 5.94. The van der Waals surface area contributed by atoms with Crippen LogP contribution in [-0.4, -0.2) is 9.55 Å². The van der Waals surface area contributed by atoms with E-state index < -0.39 is 0 Å². The molecule has 0 saturated carbocycles. The summed E-state index contributed by atoms with van der Waals surface area (Å²) >= 11 is 4.80. The molecule has 0 bridgehead atoms. The maximum Gasteiger partial charge on any atom is 0.262 e. The molecule has 3 aromatic rings. The minimum absolute atomic E-state index is 0.0107. The van der Waals surface area contributed by atoms with Crippen LogP contribution in [0.5, 0.6) is 0 Å². The molecule has 0 atom stereocenters. The van der Waals surface area contributed by atoms with Crippen molar-refractivity contribution in [1.29, 1.82) is 0 Å². The molecule has 1 aliphatic heterocycles. The summed E-state index contributed by atoms with van der Waals surface area (Å²) in [5.74, 6) is 0.373. The molecule has 6 heteroatoms. The third-order valence-corrected chi connectivity index (χ3v) is 6.07. The third-order valence-electron chi connectivity index (χ3n) is 4.47. The number of fused-ring (bicyclic) bond motifs is 2. The van der Waals surface area contributed by atoms with Crippen LogP contribution in [0.1, 0.15) is 28.2 Å². The Morgan fingerprint density at radius 3 is 2.92 bits per heavy atom. The first-order chi connectivity index (χ1) is 11.5. The monoisotopic (exact) mass is 404 g/mol. The van der Waals surface area contributed by atoms with Crippen LogP contribution in [0.2, 0.25) is 0 Å². The normalized spacial score (nSPS) is 15.4. The lowest BCUT2D eigenvalue weighted by atomic mass is 10.1. The molecule has 0 spiro atoms. The molecular formula is C18H14BrFN2OS. The van der Waals surface area contributed by atoms with Crippen molar-refractivity contribution in [2.24, 2.45) is 0 Å². The van der Waals surface area contributed by atoms with Gasteiger partial charge in [0.25, 0.3) is 5.56 Å². The van der Waals surface area contributed by atoms with Gasteiger partial charge in [-0.25, -0.2) is 9.37 Å². The van der Waals surface area contributed by atoms with Gasteiger partial charge in [-0.1, -0.05) is 22.0 Å². The number of rotatable bonds is 1. The van der Waals surface area contributed by atoms with Crippen molar-refractivity contribution >= 4 is 49.1 Å². The van der Waals surface area contributed by atoms with E-state index in [-0.39, 0.29) is 11.4 Å². The van der Waals surface area contributed by atoms with E-state index in [1.807, 2.05) is 13.8 Å². The molecule has 2 aromatic heterocycles. The number of aryl methyl sites for hydroxylation is 2. The number of hydrogen-bond acceptors (Lipinski definition) is 3. The van der Waals surface area contributed by atoms with Gasteiger partial charge in [-0.15, -0.1) is 11.3 Å². The summed E-state index contributed by atoms with van der Waals surface area (Å²) in [5, 5.41) is 0.720. The standard InChI is InChI=1S/C18H14BrFN2OS/c1-9-10(2)24-17-15(9)18(23)22-6-5-12(16(22)21-17)7-11-3-4-13(19)8-14(11)20/h3-4,7-8H,5-6H2,1-2H3/b12-7-.